The van der Waals surface area contributed by atoms with Crippen LogP contribution in [0.4, 0.5) is 26.3 Å². The Bertz CT molecular complexity index is 175. The van der Waals surface area contributed by atoms with Crippen LogP contribution in [0.1, 0.15) is 6.42 Å². The molecule has 0 atom stereocenters. The minimum absolute atomic E-state index is 0. The molecule has 0 unspecified atom stereocenters. The Labute approximate surface area is 82.3 Å². The van der Waals surface area contributed by atoms with Crippen LogP contribution >= 0.6 is 12.4 Å². The van der Waals surface area contributed by atoms with Gasteiger partial charge in [-0.1, -0.05) is 0 Å². The lowest BCUT2D eigenvalue weighted by Crippen LogP contribution is -2.51. The molecule has 1 aliphatic heterocycles. The third-order valence-electron chi connectivity index (χ3n) is 2.24. The van der Waals surface area contributed by atoms with Crippen molar-refractivity contribution in [2.24, 2.45) is 5.41 Å². The van der Waals surface area contributed by atoms with Crippen LogP contribution in [0.5, 0.6) is 0 Å². The van der Waals surface area contributed by atoms with E-state index in [0.29, 0.717) is 0 Å². The van der Waals surface area contributed by atoms with E-state index in [1.807, 2.05) is 0 Å². The molecule has 1 fully saturated rings. The first kappa shape index (κ1) is 13.8. The summed E-state index contributed by atoms with van der Waals surface area (Å²) >= 11 is 0. The molecule has 0 aromatic carbocycles. The predicted octanol–water partition coefficient (Wildman–Crippen LogP) is 2.51. The molecule has 1 aliphatic rings. The van der Waals surface area contributed by atoms with Crippen LogP contribution in [0.2, 0.25) is 0 Å². The Morgan fingerprint density at radius 2 is 1.36 bits per heavy atom. The summed E-state index contributed by atoms with van der Waals surface area (Å²) in [6.07, 6.45) is -11.4. The van der Waals surface area contributed by atoms with Crippen molar-refractivity contribution < 1.29 is 26.3 Å². The van der Waals surface area contributed by atoms with Crippen LogP contribution in [0, 0.1) is 5.41 Å². The molecule has 8 heteroatoms. The maximum atomic E-state index is 12.2. The molecular formula is C6H8ClF6N. The Morgan fingerprint density at radius 3 is 1.50 bits per heavy atom. The van der Waals surface area contributed by atoms with Crippen molar-refractivity contribution in [2.75, 3.05) is 13.1 Å². The highest BCUT2D eigenvalue weighted by molar-refractivity contribution is 5.85. The van der Waals surface area contributed by atoms with E-state index in [9.17, 15) is 26.3 Å². The number of alkyl halides is 6. The van der Waals surface area contributed by atoms with Gasteiger partial charge < -0.3 is 5.32 Å². The van der Waals surface area contributed by atoms with Gasteiger partial charge in [0.25, 0.3) is 0 Å². The largest absolute Gasteiger partial charge is 0.404 e. The molecule has 1 N–H and O–H groups in total. The van der Waals surface area contributed by atoms with Gasteiger partial charge in [-0.2, -0.15) is 26.3 Å². The van der Waals surface area contributed by atoms with E-state index in [4.69, 9.17) is 0 Å². The zero-order valence-corrected chi connectivity index (χ0v) is 7.61. The minimum atomic E-state index is -5.23. The summed E-state index contributed by atoms with van der Waals surface area (Å²) < 4.78 is 72.9. The van der Waals surface area contributed by atoms with Crippen LogP contribution in [-0.2, 0) is 0 Å². The van der Waals surface area contributed by atoms with Gasteiger partial charge in [0.05, 0.1) is 0 Å². The first-order chi connectivity index (χ1) is 5.71. The quantitative estimate of drug-likeness (QED) is 0.645. The van der Waals surface area contributed by atoms with Crippen LogP contribution in [0.25, 0.3) is 0 Å². The van der Waals surface area contributed by atoms with Crippen molar-refractivity contribution in [3.05, 3.63) is 0 Å². The fourth-order valence-corrected chi connectivity index (χ4v) is 1.34. The molecule has 1 heterocycles. The average Bonchev–Trinajstić information content (AvgIpc) is 2.28. The fourth-order valence-electron chi connectivity index (χ4n) is 1.34. The van der Waals surface area contributed by atoms with Gasteiger partial charge in [-0.25, -0.2) is 0 Å². The van der Waals surface area contributed by atoms with Crippen LogP contribution < -0.4 is 5.32 Å². The molecule has 0 spiro atoms. The second-order valence-electron chi connectivity index (χ2n) is 3.00. The molecule has 0 saturated carbocycles. The third-order valence-corrected chi connectivity index (χ3v) is 2.24. The van der Waals surface area contributed by atoms with Crippen molar-refractivity contribution in [1.29, 1.82) is 0 Å². The van der Waals surface area contributed by atoms with Gasteiger partial charge >= 0.3 is 12.4 Å². The number of nitrogens with one attached hydrogen (secondary N) is 1. The Kier molecular flexibility index (Phi) is 3.72. The van der Waals surface area contributed by atoms with Gasteiger partial charge in [0.2, 0.25) is 0 Å². The summed E-state index contributed by atoms with van der Waals surface area (Å²) in [5, 5.41) is 2.09. The topological polar surface area (TPSA) is 12.0 Å². The molecule has 86 valence electrons. The van der Waals surface area contributed by atoms with E-state index in [1.54, 1.807) is 0 Å². The van der Waals surface area contributed by atoms with Crippen molar-refractivity contribution in [2.45, 2.75) is 18.8 Å². The number of rotatable bonds is 0. The first-order valence-electron chi connectivity index (χ1n) is 3.55. The highest BCUT2D eigenvalue weighted by Gasteiger charge is 2.71. The standard InChI is InChI=1S/C6H7F6N.ClH/c7-5(8,9)4(6(10,11)12)1-2-13-3-4;/h13H,1-3H2;1H. The molecule has 0 bridgehead atoms. The van der Waals surface area contributed by atoms with Gasteiger partial charge in [-0.05, 0) is 13.0 Å². The molecule has 0 radical (unpaired) electrons. The van der Waals surface area contributed by atoms with E-state index < -0.39 is 30.7 Å². The maximum absolute atomic E-state index is 12.2. The molecule has 0 aromatic rings. The number of hydrogen-bond acceptors (Lipinski definition) is 1. The Balaban J connectivity index is 0.00000169. The van der Waals surface area contributed by atoms with Gasteiger partial charge in [0, 0.05) is 6.54 Å². The number of hydrogen-bond donors (Lipinski definition) is 1. The van der Waals surface area contributed by atoms with Crippen molar-refractivity contribution in [3.8, 4) is 0 Å². The summed E-state index contributed by atoms with van der Waals surface area (Å²) in [6.45, 7) is -1.32. The summed E-state index contributed by atoms with van der Waals surface area (Å²) in [4.78, 5) is 0. The third kappa shape index (κ3) is 1.93. The normalized spacial score (nSPS) is 21.9. The van der Waals surface area contributed by atoms with E-state index in [1.165, 1.54) is 0 Å². The summed E-state index contributed by atoms with van der Waals surface area (Å²) in [7, 11) is 0. The van der Waals surface area contributed by atoms with Crippen LogP contribution in [0.3, 0.4) is 0 Å². The van der Waals surface area contributed by atoms with Gasteiger partial charge in [-0.3, -0.25) is 0 Å². The van der Waals surface area contributed by atoms with Crippen molar-refractivity contribution >= 4 is 12.4 Å². The van der Waals surface area contributed by atoms with E-state index >= 15 is 0 Å². The summed E-state index contributed by atoms with van der Waals surface area (Å²) in [5.74, 6) is 0. The molecule has 1 rings (SSSR count). The molecule has 1 nitrogen and oxygen atoms in total. The van der Waals surface area contributed by atoms with Gasteiger partial charge in [-0.15, -0.1) is 12.4 Å². The lowest BCUT2D eigenvalue weighted by atomic mass is 9.85. The van der Waals surface area contributed by atoms with Gasteiger partial charge in [0.15, 0.2) is 5.41 Å². The first-order valence-corrected chi connectivity index (χ1v) is 3.55. The predicted molar refractivity (Wildman–Crippen MR) is 39.3 cm³/mol. The molecule has 0 amide bonds. The zero-order chi connectivity index (χ0) is 10.3. The second kappa shape index (κ2) is 3.77. The molecule has 1 saturated heterocycles. The lowest BCUT2D eigenvalue weighted by molar-refractivity contribution is -0.333. The fraction of sp³-hybridized carbons (Fsp3) is 1.00. The van der Waals surface area contributed by atoms with Crippen molar-refractivity contribution in [3.63, 3.8) is 0 Å². The molecular weight excluding hydrogens is 236 g/mol. The zero-order valence-electron chi connectivity index (χ0n) is 6.80. The SMILES string of the molecule is Cl.FC(F)(F)C1(C(F)(F)F)CCNC1. The number of halogens is 7. The molecule has 0 aliphatic carbocycles. The van der Waals surface area contributed by atoms with E-state index in [-0.39, 0.29) is 19.0 Å². The smallest absolute Gasteiger partial charge is 0.315 e. The van der Waals surface area contributed by atoms with Crippen LogP contribution in [-0.4, -0.2) is 25.4 Å². The monoisotopic (exact) mass is 243 g/mol. The van der Waals surface area contributed by atoms with Crippen molar-refractivity contribution in [1.82, 2.24) is 5.32 Å². The Morgan fingerprint density at radius 1 is 0.929 bits per heavy atom. The minimum Gasteiger partial charge on any atom is -0.315 e. The maximum Gasteiger partial charge on any atom is 0.404 e. The average molecular weight is 244 g/mol. The van der Waals surface area contributed by atoms with Crippen LogP contribution in [0.15, 0.2) is 0 Å². The Hall–Kier alpha value is -0.170. The van der Waals surface area contributed by atoms with E-state index in [2.05, 4.69) is 5.32 Å². The molecule has 14 heavy (non-hydrogen) atoms. The lowest BCUT2D eigenvalue weighted by Gasteiger charge is -2.32. The summed E-state index contributed by atoms with van der Waals surface area (Å²) in [5.41, 5.74) is -3.54. The highest BCUT2D eigenvalue weighted by Crippen LogP contribution is 2.53. The second-order valence-corrected chi connectivity index (χ2v) is 3.00. The molecule has 0 aromatic heterocycles. The highest BCUT2D eigenvalue weighted by atomic mass is 35.5. The van der Waals surface area contributed by atoms with Gasteiger partial charge in [0.1, 0.15) is 0 Å². The summed E-state index contributed by atoms with van der Waals surface area (Å²) in [6, 6.07) is 0. The van der Waals surface area contributed by atoms with E-state index in [0.717, 1.165) is 0 Å².